The SMILES string of the molecule is [N-]=[N+]=NCC1(/C=C/C(=O)O)CC1. The molecule has 0 aromatic carbocycles. The second kappa shape index (κ2) is 3.28. The molecule has 0 aliphatic heterocycles. The zero-order chi connectivity index (χ0) is 9.03. The lowest BCUT2D eigenvalue weighted by Crippen LogP contribution is -2.01. The van der Waals surface area contributed by atoms with Crippen molar-refractivity contribution in [3.8, 4) is 0 Å². The second-order valence-electron chi connectivity index (χ2n) is 2.92. The first-order valence-corrected chi connectivity index (χ1v) is 3.62. The summed E-state index contributed by atoms with van der Waals surface area (Å²) in [5, 5.41) is 11.8. The van der Waals surface area contributed by atoms with Crippen LogP contribution >= 0.6 is 0 Å². The maximum absolute atomic E-state index is 10.2. The normalized spacial score (nSPS) is 18.7. The highest BCUT2D eigenvalue weighted by atomic mass is 16.4. The Labute approximate surface area is 69.3 Å². The third-order valence-corrected chi connectivity index (χ3v) is 1.92. The number of carboxylic acids is 1. The minimum Gasteiger partial charge on any atom is -0.478 e. The van der Waals surface area contributed by atoms with Gasteiger partial charge in [-0.2, -0.15) is 0 Å². The Balaban J connectivity index is 2.49. The lowest BCUT2D eigenvalue weighted by molar-refractivity contribution is -0.131. The molecule has 0 amide bonds. The molecule has 1 N–H and O–H groups in total. The third kappa shape index (κ3) is 2.29. The highest BCUT2D eigenvalue weighted by molar-refractivity contribution is 5.79. The summed E-state index contributed by atoms with van der Waals surface area (Å²) in [5.74, 6) is -0.956. The van der Waals surface area contributed by atoms with Crippen molar-refractivity contribution in [2.24, 2.45) is 10.5 Å². The van der Waals surface area contributed by atoms with Crippen LogP contribution in [0.2, 0.25) is 0 Å². The Bertz CT molecular complexity index is 262. The molecule has 0 unspecified atom stereocenters. The fraction of sp³-hybridized carbons (Fsp3) is 0.571. The van der Waals surface area contributed by atoms with Gasteiger partial charge in [0.15, 0.2) is 0 Å². The number of hydrogen-bond donors (Lipinski definition) is 1. The Kier molecular flexibility index (Phi) is 2.35. The van der Waals surface area contributed by atoms with Gasteiger partial charge in [-0.3, -0.25) is 0 Å². The molecule has 0 aromatic heterocycles. The molecule has 0 radical (unpaired) electrons. The number of carbonyl (C=O) groups is 1. The molecule has 12 heavy (non-hydrogen) atoms. The van der Waals surface area contributed by atoms with Crippen molar-refractivity contribution < 1.29 is 9.90 Å². The molecule has 1 fully saturated rings. The highest BCUT2D eigenvalue weighted by Gasteiger charge is 2.39. The van der Waals surface area contributed by atoms with Crippen molar-refractivity contribution >= 4 is 5.97 Å². The van der Waals surface area contributed by atoms with Crippen LogP contribution in [0.25, 0.3) is 10.4 Å². The second-order valence-corrected chi connectivity index (χ2v) is 2.92. The average molecular weight is 167 g/mol. The van der Waals surface area contributed by atoms with Crippen molar-refractivity contribution in [3.63, 3.8) is 0 Å². The molecule has 5 nitrogen and oxygen atoms in total. The maximum Gasteiger partial charge on any atom is 0.327 e. The van der Waals surface area contributed by atoms with E-state index in [-0.39, 0.29) is 5.41 Å². The first-order chi connectivity index (χ1) is 5.68. The van der Waals surface area contributed by atoms with Crippen LogP contribution in [-0.2, 0) is 4.79 Å². The predicted molar refractivity (Wildman–Crippen MR) is 42.5 cm³/mol. The van der Waals surface area contributed by atoms with Crippen molar-refractivity contribution in [1.82, 2.24) is 0 Å². The summed E-state index contributed by atoms with van der Waals surface area (Å²) in [5.41, 5.74) is 7.90. The van der Waals surface area contributed by atoms with Crippen molar-refractivity contribution in [2.45, 2.75) is 12.8 Å². The van der Waals surface area contributed by atoms with Crippen molar-refractivity contribution in [3.05, 3.63) is 22.6 Å². The predicted octanol–water partition coefficient (Wildman–Crippen LogP) is 1.72. The minimum atomic E-state index is -0.956. The van der Waals surface area contributed by atoms with Crippen LogP contribution in [-0.4, -0.2) is 17.6 Å². The first kappa shape index (κ1) is 8.62. The molecule has 0 spiro atoms. The van der Waals surface area contributed by atoms with Crippen LogP contribution in [0.3, 0.4) is 0 Å². The summed E-state index contributed by atoms with van der Waals surface area (Å²) in [6.45, 7) is 0.368. The average Bonchev–Trinajstić information content (AvgIpc) is 2.79. The number of aliphatic carboxylic acids is 1. The summed E-state index contributed by atoms with van der Waals surface area (Å²) < 4.78 is 0. The van der Waals surface area contributed by atoms with Crippen molar-refractivity contribution in [2.75, 3.05) is 6.54 Å². The molecule has 1 rings (SSSR count). The van der Waals surface area contributed by atoms with Crippen LogP contribution in [0, 0.1) is 5.41 Å². The molecule has 1 aliphatic rings. The van der Waals surface area contributed by atoms with Gasteiger partial charge in [0.05, 0.1) is 0 Å². The van der Waals surface area contributed by atoms with Crippen LogP contribution < -0.4 is 0 Å². The Morgan fingerprint density at radius 1 is 1.75 bits per heavy atom. The molecule has 5 heteroatoms. The Hall–Kier alpha value is -1.48. The smallest absolute Gasteiger partial charge is 0.327 e. The summed E-state index contributed by atoms with van der Waals surface area (Å²) in [6.07, 6.45) is 4.55. The van der Waals surface area contributed by atoms with Gasteiger partial charge in [0.1, 0.15) is 0 Å². The van der Waals surface area contributed by atoms with Gasteiger partial charge in [0.25, 0.3) is 0 Å². The number of nitrogens with zero attached hydrogens (tertiary/aromatic N) is 3. The zero-order valence-corrected chi connectivity index (χ0v) is 6.47. The monoisotopic (exact) mass is 167 g/mol. The van der Waals surface area contributed by atoms with Crippen LogP contribution in [0.4, 0.5) is 0 Å². The first-order valence-electron chi connectivity index (χ1n) is 3.62. The maximum atomic E-state index is 10.2. The molecular weight excluding hydrogens is 158 g/mol. The van der Waals surface area contributed by atoms with E-state index in [0.717, 1.165) is 18.9 Å². The largest absolute Gasteiger partial charge is 0.478 e. The van der Waals surface area contributed by atoms with E-state index in [1.807, 2.05) is 0 Å². The van der Waals surface area contributed by atoms with E-state index in [1.165, 1.54) is 0 Å². The van der Waals surface area contributed by atoms with E-state index in [4.69, 9.17) is 10.6 Å². The minimum absolute atomic E-state index is 0.148. The van der Waals surface area contributed by atoms with Gasteiger partial charge < -0.3 is 5.11 Å². The van der Waals surface area contributed by atoms with Gasteiger partial charge in [-0.25, -0.2) is 4.79 Å². The molecule has 0 saturated heterocycles. The van der Waals surface area contributed by atoms with Crippen LogP contribution in [0.15, 0.2) is 17.3 Å². The molecule has 0 bridgehead atoms. The standard InChI is InChI=1S/C7H9N3O2/c8-10-9-5-7(3-4-7)2-1-6(11)12/h1-2H,3-5H2,(H,11,12)/b2-1+. The van der Waals surface area contributed by atoms with Gasteiger partial charge in [-0.1, -0.05) is 11.2 Å². The van der Waals surface area contributed by atoms with Crippen LogP contribution in [0.5, 0.6) is 0 Å². The van der Waals surface area contributed by atoms with Gasteiger partial charge in [-0.05, 0) is 23.8 Å². The summed E-state index contributed by atoms with van der Waals surface area (Å²) in [7, 11) is 0. The summed E-state index contributed by atoms with van der Waals surface area (Å²) in [4.78, 5) is 12.8. The summed E-state index contributed by atoms with van der Waals surface area (Å²) >= 11 is 0. The van der Waals surface area contributed by atoms with Crippen molar-refractivity contribution in [1.29, 1.82) is 0 Å². The van der Waals surface area contributed by atoms with Gasteiger partial charge >= 0.3 is 5.97 Å². The summed E-state index contributed by atoms with van der Waals surface area (Å²) in [6, 6.07) is 0. The van der Waals surface area contributed by atoms with E-state index in [9.17, 15) is 4.79 Å². The highest BCUT2D eigenvalue weighted by Crippen LogP contribution is 2.47. The fourth-order valence-corrected chi connectivity index (χ4v) is 0.959. The third-order valence-electron chi connectivity index (χ3n) is 1.92. The molecule has 0 heterocycles. The van der Waals surface area contributed by atoms with Gasteiger partial charge in [-0.15, -0.1) is 0 Å². The lowest BCUT2D eigenvalue weighted by Gasteiger charge is -2.01. The molecule has 1 aliphatic carbocycles. The molecular formula is C7H9N3O2. The van der Waals surface area contributed by atoms with E-state index < -0.39 is 5.97 Å². The van der Waals surface area contributed by atoms with Crippen LogP contribution in [0.1, 0.15) is 12.8 Å². The lowest BCUT2D eigenvalue weighted by atomic mass is 10.1. The number of hydrogen-bond acceptors (Lipinski definition) is 2. The molecule has 1 saturated carbocycles. The number of carboxylic acid groups (broad SMARTS) is 1. The quantitative estimate of drug-likeness (QED) is 0.299. The topological polar surface area (TPSA) is 86.1 Å². The van der Waals surface area contributed by atoms with E-state index >= 15 is 0 Å². The fourth-order valence-electron chi connectivity index (χ4n) is 0.959. The molecule has 64 valence electrons. The molecule has 0 atom stereocenters. The molecule has 0 aromatic rings. The van der Waals surface area contributed by atoms with Gasteiger partial charge in [0, 0.05) is 17.5 Å². The van der Waals surface area contributed by atoms with E-state index in [1.54, 1.807) is 6.08 Å². The Morgan fingerprint density at radius 2 is 2.42 bits per heavy atom. The number of rotatable bonds is 4. The van der Waals surface area contributed by atoms with E-state index in [2.05, 4.69) is 10.0 Å². The van der Waals surface area contributed by atoms with Gasteiger partial charge in [0.2, 0.25) is 0 Å². The van der Waals surface area contributed by atoms with E-state index in [0.29, 0.717) is 6.54 Å². The Morgan fingerprint density at radius 3 is 2.83 bits per heavy atom. The zero-order valence-electron chi connectivity index (χ0n) is 6.47. The number of azide groups is 1.